The van der Waals surface area contributed by atoms with Gasteiger partial charge in [-0.3, -0.25) is 4.79 Å². The van der Waals surface area contributed by atoms with E-state index in [4.69, 9.17) is 20.3 Å². The number of aliphatic hydroxyl groups excluding tert-OH is 1. The Labute approximate surface area is 180 Å². The van der Waals surface area contributed by atoms with Crippen molar-refractivity contribution in [2.45, 2.75) is 44.6 Å². The topological polar surface area (TPSA) is 133 Å². The smallest absolute Gasteiger partial charge is 0.220 e. The Morgan fingerprint density at radius 3 is 2.61 bits per heavy atom. The maximum atomic E-state index is 13.7. The number of carbonyl (C=O) groups is 1. The molecule has 0 bridgehead atoms. The zero-order valence-corrected chi connectivity index (χ0v) is 17.7. The van der Waals surface area contributed by atoms with E-state index >= 15 is 0 Å². The first-order valence-corrected chi connectivity index (χ1v) is 10.5. The number of ketones is 1. The van der Waals surface area contributed by atoms with E-state index < -0.39 is 5.92 Å². The Balaban J connectivity index is 1.69. The van der Waals surface area contributed by atoms with Crippen LogP contribution in [-0.4, -0.2) is 58.0 Å². The normalized spacial score (nSPS) is 23.3. The molecule has 0 saturated heterocycles. The van der Waals surface area contributed by atoms with Crippen LogP contribution in [0.1, 0.15) is 48.6 Å². The van der Waals surface area contributed by atoms with E-state index in [1.165, 1.54) is 0 Å². The first-order valence-electron chi connectivity index (χ1n) is 10.5. The molecule has 1 aliphatic carbocycles. The largest absolute Gasteiger partial charge is 0.481 e. The van der Waals surface area contributed by atoms with Crippen LogP contribution in [0.3, 0.4) is 0 Å². The van der Waals surface area contributed by atoms with Crippen LogP contribution in [0.25, 0.3) is 0 Å². The average Bonchev–Trinajstić information content (AvgIpc) is 2.78. The van der Waals surface area contributed by atoms with Gasteiger partial charge < -0.3 is 20.3 Å². The Bertz CT molecular complexity index is 984. The zero-order valence-electron chi connectivity index (χ0n) is 17.7. The lowest BCUT2D eigenvalue weighted by molar-refractivity contribution is -0.116. The zero-order chi connectivity index (χ0) is 22.0. The minimum absolute atomic E-state index is 0.0135. The van der Waals surface area contributed by atoms with Gasteiger partial charge in [-0.15, -0.1) is 0 Å². The van der Waals surface area contributed by atoms with Crippen LogP contribution in [0.15, 0.2) is 23.3 Å². The molecule has 1 unspecified atom stereocenters. The highest BCUT2D eigenvalue weighted by atomic mass is 16.5. The number of aliphatic hydroxyl groups is 1. The summed E-state index contributed by atoms with van der Waals surface area (Å²) in [7, 11) is 1.54. The number of ether oxygens (including phenoxy) is 2. The van der Waals surface area contributed by atoms with Gasteiger partial charge in [0.1, 0.15) is 11.4 Å². The number of aromatic nitrogens is 3. The maximum absolute atomic E-state index is 13.7. The summed E-state index contributed by atoms with van der Waals surface area (Å²) in [5.41, 5.74) is 8.80. The predicted octanol–water partition coefficient (Wildman–Crippen LogP) is 2.13. The molecule has 164 valence electrons. The van der Waals surface area contributed by atoms with Crippen LogP contribution >= 0.6 is 0 Å². The molecule has 2 aromatic heterocycles. The number of carbonyl (C=O) groups excluding carboxylic acids is 1. The number of rotatable bonds is 6. The van der Waals surface area contributed by atoms with Gasteiger partial charge in [0.15, 0.2) is 5.78 Å². The maximum Gasteiger partial charge on any atom is 0.220 e. The van der Waals surface area contributed by atoms with E-state index in [-0.39, 0.29) is 30.4 Å². The molecule has 31 heavy (non-hydrogen) atoms. The van der Waals surface area contributed by atoms with Crippen molar-refractivity contribution in [3.63, 3.8) is 0 Å². The Morgan fingerprint density at radius 1 is 1.19 bits per heavy atom. The highest BCUT2D eigenvalue weighted by Crippen LogP contribution is 2.44. The first-order chi connectivity index (χ1) is 15.0. The van der Waals surface area contributed by atoms with Crippen molar-refractivity contribution in [3.05, 3.63) is 35.3 Å². The van der Waals surface area contributed by atoms with Crippen LogP contribution < -0.4 is 10.5 Å². The number of fused-ring (bicyclic) bond motifs is 1. The van der Waals surface area contributed by atoms with Gasteiger partial charge in [0.05, 0.1) is 43.7 Å². The van der Waals surface area contributed by atoms with E-state index in [0.717, 1.165) is 25.7 Å². The number of aryl methyl sites for hydroxylation is 1. The van der Waals surface area contributed by atoms with Gasteiger partial charge in [0.25, 0.3) is 0 Å². The second-order valence-electron chi connectivity index (χ2n) is 7.92. The van der Waals surface area contributed by atoms with E-state index in [1.54, 1.807) is 25.4 Å². The number of Topliss-reactive ketones (excluding diaryl/α,β-unsaturated/α-hetero) is 1. The lowest BCUT2D eigenvalue weighted by Crippen LogP contribution is -2.35. The van der Waals surface area contributed by atoms with E-state index in [9.17, 15) is 4.79 Å². The molecule has 1 fully saturated rings. The highest BCUT2D eigenvalue weighted by molar-refractivity contribution is 6.49. The SMILES string of the molecule is COc1ccc(C2=Nc3c(C)nc(N)nc3C(C3CCC(OCCO)CC3)C2=O)cn1. The number of anilines is 1. The number of aliphatic imine (C=N–C) groups is 1. The standard InChI is InChI=1S/C22H27N5O4/c1-12-18-20(27-22(23)25-12)17(13-3-6-15(7-4-13)31-10-9-28)21(29)19(26-18)14-5-8-16(30-2)24-11-14/h5,8,11,13,15,17,28H,3-4,6-7,9-10H2,1-2H3,(H2,23,25,27). The second-order valence-corrected chi connectivity index (χ2v) is 7.92. The fourth-order valence-corrected chi connectivity index (χ4v) is 4.50. The quantitative estimate of drug-likeness (QED) is 0.719. The number of nitrogens with two attached hydrogens (primary N) is 1. The molecule has 3 N–H and O–H groups in total. The van der Waals surface area contributed by atoms with Crippen molar-refractivity contribution in [1.29, 1.82) is 0 Å². The number of nitrogens with zero attached hydrogens (tertiary/aromatic N) is 4. The Kier molecular flexibility index (Phi) is 6.24. The number of methoxy groups -OCH3 is 1. The third-order valence-corrected chi connectivity index (χ3v) is 5.99. The Morgan fingerprint density at radius 2 is 1.97 bits per heavy atom. The molecule has 0 spiro atoms. The summed E-state index contributed by atoms with van der Waals surface area (Å²) in [6, 6.07) is 3.50. The van der Waals surface area contributed by atoms with Gasteiger partial charge in [-0.2, -0.15) is 0 Å². The number of pyridine rings is 1. The minimum Gasteiger partial charge on any atom is -0.481 e. The number of hydrogen-bond donors (Lipinski definition) is 2. The van der Waals surface area contributed by atoms with Gasteiger partial charge in [0, 0.05) is 17.8 Å². The predicted molar refractivity (Wildman–Crippen MR) is 115 cm³/mol. The molecule has 9 nitrogen and oxygen atoms in total. The van der Waals surface area contributed by atoms with Crippen LogP contribution in [0.4, 0.5) is 11.6 Å². The summed E-state index contributed by atoms with van der Waals surface area (Å²) in [6.45, 7) is 2.18. The molecule has 9 heteroatoms. The van der Waals surface area contributed by atoms with Gasteiger partial charge in [0.2, 0.25) is 11.8 Å². The van der Waals surface area contributed by atoms with Crippen molar-refractivity contribution < 1.29 is 19.4 Å². The summed E-state index contributed by atoms with van der Waals surface area (Å²) < 4.78 is 10.8. The van der Waals surface area contributed by atoms with Crippen LogP contribution in [0, 0.1) is 12.8 Å². The lowest BCUT2D eigenvalue weighted by Gasteiger charge is -2.35. The van der Waals surface area contributed by atoms with E-state index in [0.29, 0.717) is 40.8 Å². The summed E-state index contributed by atoms with van der Waals surface area (Å²) in [4.78, 5) is 31.2. The monoisotopic (exact) mass is 425 g/mol. The van der Waals surface area contributed by atoms with Crippen LogP contribution in [-0.2, 0) is 9.53 Å². The molecule has 1 saturated carbocycles. The van der Waals surface area contributed by atoms with E-state index in [1.807, 2.05) is 6.92 Å². The van der Waals surface area contributed by atoms with Crippen LogP contribution in [0.2, 0.25) is 0 Å². The molecule has 0 aromatic carbocycles. The van der Waals surface area contributed by atoms with Crippen molar-refractivity contribution in [1.82, 2.24) is 15.0 Å². The second kappa shape index (κ2) is 9.07. The van der Waals surface area contributed by atoms with Crippen LogP contribution in [0.5, 0.6) is 5.88 Å². The summed E-state index contributed by atoms with van der Waals surface area (Å²) in [5.74, 6) is 0.214. The van der Waals surface area contributed by atoms with Crippen molar-refractivity contribution in [2.75, 3.05) is 26.1 Å². The third kappa shape index (κ3) is 4.28. The fourth-order valence-electron chi connectivity index (χ4n) is 4.50. The molecular formula is C22H27N5O4. The average molecular weight is 425 g/mol. The summed E-state index contributed by atoms with van der Waals surface area (Å²) >= 11 is 0. The van der Waals surface area contributed by atoms with E-state index in [2.05, 4.69) is 19.9 Å². The Hall–Kier alpha value is -2.91. The van der Waals surface area contributed by atoms with Gasteiger partial charge in [-0.05, 0) is 44.6 Å². The molecule has 0 amide bonds. The summed E-state index contributed by atoms with van der Waals surface area (Å²) in [5, 5.41) is 9.00. The molecule has 1 aliphatic heterocycles. The molecule has 4 rings (SSSR count). The number of nitrogen functional groups attached to an aromatic ring is 1. The fraction of sp³-hybridized carbons (Fsp3) is 0.500. The molecule has 0 radical (unpaired) electrons. The minimum atomic E-state index is -0.438. The van der Waals surface area contributed by atoms with Crippen molar-refractivity contribution >= 4 is 23.1 Å². The molecule has 1 atom stereocenters. The first kappa shape index (κ1) is 21.3. The van der Waals surface area contributed by atoms with Gasteiger partial charge in [-0.1, -0.05) is 0 Å². The molecular weight excluding hydrogens is 398 g/mol. The molecule has 2 aliphatic rings. The molecule has 3 heterocycles. The van der Waals surface area contributed by atoms with Crippen molar-refractivity contribution in [2.24, 2.45) is 10.9 Å². The van der Waals surface area contributed by atoms with Gasteiger partial charge >= 0.3 is 0 Å². The number of hydrogen-bond acceptors (Lipinski definition) is 9. The third-order valence-electron chi connectivity index (χ3n) is 5.99. The lowest BCUT2D eigenvalue weighted by atomic mass is 9.73. The highest BCUT2D eigenvalue weighted by Gasteiger charge is 2.41. The van der Waals surface area contributed by atoms with Gasteiger partial charge in [-0.25, -0.2) is 19.9 Å². The summed E-state index contributed by atoms with van der Waals surface area (Å²) in [6.07, 6.45) is 5.02. The molecule has 2 aromatic rings. The van der Waals surface area contributed by atoms with Crippen molar-refractivity contribution in [3.8, 4) is 5.88 Å².